The number of nitrogens with zero attached hydrogens (tertiary/aromatic N) is 1. The van der Waals surface area contributed by atoms with E-state index in [2.05, 4.69) is 10.3 Å². The highest BCUT2D eigenvalue weighted by atomic mass is 19.4. The molecule has 3 nitrogen and oxygen atoms in total. The Bertz CT molecular complexity index is 446. The number of methoxy groups -OCH3 is 1. The maximum Gasteiger partial charge on any atom is 0.402 e. The molecule has 0 fully saturated rings. The summed E-state index contributed by atoms with van der Waals surface area (Å²) >= 11 is 0. The van der Waals surface area contributed by atoms with Gasteiger partial charge in [-0.15, -0.1) is 0 Å². The molecular formula is C12H14F6N2O. The lowest BCUT2D eigenvalue weighted by atomic mass is 9.94. The summed E-state index contributed by atoms with van der Waals surface area (Å²) in [5.74, 6) is -3.71. The molecule has 120 valence electrons. The Hall–Kier alpha value is -1.51. The summed E-state index contributed by atoms with van der Waals surface area (Å²) in [4.78, 5) is 3.63. The third-order valence-corrected chi connectivity index (χ3v) is 2.78. The first kappa shape index (κ1) is 17.5. The Morgan fingerprint density at radius 3 is 2.19 bits per heavy atom. The van der Waals surface area contributed by atoms with E-state index in [-0.39, 0.29) is 12.3 Å². The SMILES string of the molecule is CCNC(c1ncccc1OC)C(C(F)(F)F)C(F)(F)F. The van der Waals surface area contributed by atoms with Crippen LogP contribution in [-0.2, 0) is 0 Å². The minimum absolute atomic E-state index is 0.0902. The van der Waals surface area contributed by atoms with Gasteiger partial charge in [0.05, 0.1) is 13.2 Å². The van der Waals surface area contributed by atoms with Crippen molar-refractivity contribution in [1.82, 2.24) is 10.3 Å². The molecule has 0 aliphatic rings. The molecule has 1 unspecified atom stereocenters. The summed E-state index contributed by atoms with van der Waals surface area (Å²) in [6.07, 6.45) is -9.81. The molecule has 0 bridgehead atoms. The van der Waals surface area contributed by atoms with Crippen LogP contribution in [0.2, 0.25) is 0 Å². The predicted molar refractivity (Wildman–Crippen MR) is 62.8 cm³/mol. The Morgan fingerprint density at radius 1 is 1.19 bits per heavy atom. The first-order chi connectivity index (χ1) is 9.62. The van der Waals surface area contributed by atoms with E-state index < -0.39 is 30.0 Å². The predicted octanol–water partition coefficient (Wildman–Crippen LogP) is 3.48. The van der Waals surface area contributed by atoms with Gasteiger partial charge in [0.15, 0.2) is 5.92 Å². The monoisotopic (exact) mass is 316 g/mol. The molecule has 0 saturated carbocycles. The average Bonchev–Trinajstić information content (AvgIpc) is 2.35. The lowest BCUT2D eigenvalue weighted by Crippen LogP contribution is -2.46. The molecule has 1 N–H and O–H groups in total. The van der Waals surface area contributed by atoms with Crippen LogP contribution in [0.1, 0.15) is 18.7 Å². The number of nitrogens with one attached hydrogen (secondary N) is 1. The molecule has 0 aromatic carbocycles. The van der Waals surface area contributed by atoms with Crippen LogP contribution in [0.15, 0.2) is 18.3 Å². The number of ether oxygens (including phenoxy) is 1. The summed E-state index contributed by atoms with van der Waals surface area (Å²) in [7, 11) is 1.15. The van der Waals surface area contributed by atoms with E-state index in [1.807, 2.05) is 0 Å². The lowest BCUT2D eigenvalue weighted by Gasteiger charge is -2.31. The number of hydrogen-bond donors (Lipinski definition) is 1. The van der Waals surface area contributed by atoms with E-state index in [1.165, 1.54) is 19.1 Å². The zero-order valence-corrected chi connectivity index (χ0v) is 11.2. The fourth-order valence-corrected chi connectivity index (χ4v) is 1.96. The van der Waals surface area contributed by atoms with Gasteiger partial charge >= 0.3 is 12.4 Å². The van der Waals surface area contributed by atoms with Crippen LogP contribution in [0.4, 0.5) is 26.3 Å². The summed E-state index contributed by atoms with van der Waals surface area (Å²) in [5, 5.41) is 2.20. The van der Waals surface area contributed by atoms with Gasteiger partial charge in [-0.2, -0.15) is 26.3 Å². The molecule has 0 aliphatic carbocycles. The maximum absolute atomic E-state index is 12.9. The van der Waals surface area contributed by atoms with E-state index in [0.717, 1.165) is 13.3 Å². The highest BCUT2D eigenvalue weighted by Crippen LogP contribution is 2.47. The van der Waals surface area contributed by atoms with Crippen LogP contribution in [0, 0.1) is 5.92 Å². The van der Waals surface area contributed by atoms with Crippen LogP contribution < -0.4 is 10.1 Å². The standard InChI is InChI=1S/C12H14F6N2O/c1-3-19-9(8-7(21-2)5-4-6-20-8)10(11(13,14)15)12(16,17)18/h4-6,9-10,19H,3H2,1-2H3. The first-order valence-corrected chi connectivity index (χ1v) is 5.98. The molecule has 0 saturated heterocycles. The van der Waals surface area contributed by atoms with Gasteiger partial charge in [0, 0.05) is 6.20 Å². The van der Waals surface area contributed by atoms with E-state index in [9.17, 15) is 26.3 Å². The highest BCUT2D eigenvalue weighted by molar-refractivity contribution is 5.30. The molecule has 0 spiro atoms. The van der Waals surface area contributed by atoms with Crippen molar-refractivity contribution in [2.75, 3.05) is 13.7 Å². The molecule has 9 heteroatoms. The molecule has 1 heterocycles. The van der Waals surface area contributed by atoms with Gasteiger partial charge in [-0.1, -0.05) is 6.92 Å². The molecule has 0 radical (unpaired) electrons. The quantitative estimate of drug-likeness (QED) is 0.845. The van der Waals surface area contributed by atoms with Gasteiger partial charge in [-0.3, -0.25) is 4.98 Å². The second kappa shape index (κ2) is 6.50. The molecule has 0 amide bonds. The third-order valence-electron chi connectivity index (χ3n) is 2.78. The molecule has 1 aromatic heterocycles. The van der Waals surface area contributed by atoms with Crippen LogP contribution in [0.25, 0.3) is 0 Å². The largest absolute Gasteiger partial charge is 0.495 e. The van der Waals surface area contributed by atoms with E-state index in [0.29, 0.717) is 0 Å². The van der Waals surface area contributed by atoms with Gasteiger partial charge in [0.2, 0.25) is 0 Å². The second-order valence-electron chi connectivity index (χ2n) is 4.19. The number of alkyl halides is 6. The van der Waals surface area contributed by atoms with Crippen LogP contribution in [0.5, 0.6) is 5.75 Å². The molecule has 1 aromatic rings. The van der Waals surface area contributed by atoms with Crippen LogP contribution >= 0.6 is 0 Å². The lowest BCUT2D eigenvalue weighted by molar-refractivity contribution is -0.293. The normalized spacial score (nSPS) is 14.3. The number of hydrogen-bond acceptors (Lipinski definition) is 3. The van der Waals surface area contributed by atoms with Crippen LogP contribution in [-0.4, -0.2) is 31.0 Å². The van der Waals surface area contributed by atoms with Gasteiger partial charge in [-0.05, 0) is 18.7 Å². The first-order valence-electron chi connectivity index (χ1n) is 5.98. The van der Waals surface area contributed by atoms with E-state index in [4.69, 9.17) is 4.74 Å². The Balaban J connectivity index is 3.38. The molecular weight excluding hydrogens is 302 g/mol. The molecule has 1 rings (SSSR count). The van der Waals surface area contributed by atoms with Crippen molar-refractivity contribution in [3.63, 3.8) is 0 Å². The van der Waals surface area contributed by atoms with Crippen LogP contribution in [0.3, 0.4) is 0 Å². The van der Waals surface area contributed by atoms with Crippen molar-refractivity contribution in [2.45, 2.75) is 25.3 Å². The summed E-state index contributed by atoms with van der Waals surface area (Å²) in [5.41, 5.74) is -0.429. The van der Waals surface area contributed by atoms with Crippen molar-refractivity contribution < 1.29 is 31.1 Å². The highest BCUT2D eigenvalue weighted by Gasteiger charge is 2.61. The maximum atomic E-state index is 12.9. The van der Waals surface area contributed by atoms with Crippen molar-refractivity contribution in [3.05, 3.63) is 24.0 Å². The van der Waals surface area contributed by atoms with Gasteiger partial charge in [0.25, 0.3) is 0 Å². The average molecular weight is 316 g/mol. The second-order valence-corrected chi connectivity index (χ2v) is 4.19. The van der Waals surface area contributed by atoms with Crippen molar-refractivity contribution in [1.29, 1.82) is 0 Å². The summed E-state index contributed by atoms with van der Waals surface area (Å²) < 4.78 is 82.1. The Labute approximate surface area is 117 Å². The third kappa shape index (κ3) is 4.23. The number of halogens is 6. The Morgan fingerprint density at radius 2 is 1.76 bits per heavy atom. The smallest absolute Gasteiger partial charge is 0.402 e. The molecule has 21 heavy (non-hydrogen) atoms. The zero-order valence-electron chi connectivity index (χ0n) is 11.2. The van der Waals surface area contributed by atoms with Crippen molar-refractivity contribution in [2.24, 2.45) is 5.92 Å². The summed E-state index contributed by atoms with van der Waals surface area (Å²) in [6, 6.07) is 0.545. The Kier molecular flexibility index (Phi) is 5.43. The number of aromatic nitrogens is 1. The van der Waals surface area contributed by atoms with Gasteiger partial charge in [0.1, 0.15) is 11.4 Å². The number of pyridine rings is 1. The van der Waals surface area contributed by atoms with E-state index >= 15 is 0 Å². The van der Waals surface area contributed by atoms with Crippen molar-refractivity contribution in [3.8, 4) is 5.75 Å². The van der Waals surface area contributed by atoms with E-state index in [1.54, 1.807) is 0 Å². The number of rotatable bonds is 5. The summed E-state index contributed by atoms with van der Waals surface area (Å²) in [6.45, 7) is 1.32. The molecule has 1 atom stereocenters. The minimum Gasteiger partial charge on any atom is -0.495 e. The van der Waals surface area contributed by atoms with Gasteiger partial charge < -0.3 is 10.1 Å². The fourth-order valence-electron chi connectivity index (χ4n) is 1.96. The van der Waals surface area contributed by atoms with Crippen molar-refractivity contribution >= 4 is 0 Å². The zero-order chi connectivity index (χ0) is 16.3. The topological polar surface area (TPSA) is 34.2 Å². The van der Waals surface area contributed by atoms with Gasteiger partial charge in [-0.25, -0.2) is 0 Å². The fraction of sp³-hybridized carbons (Fsp3) is 0.583. The minimum atomic E-state index is -5.46. The molecule has 0 aliphatic heterocycles.